The molecular formula is C14H21N3O. The molecule has 0 spiro atoms. The van der Waals surface area contributed by atoms with Crippen LogP contribution >= 0.6 is 0 Å². The zero-order valence-electron chi connectivity index (χ0n) is 10.9. The lowest BCUT2D eigenvalue weighted by Crippen LogP contribution is -2.30. The van der Waals surface area contributed by atoms with Crippen molar-refractivity contribution >= 4 is 11.5 Å². The highest BCUT2D eigenvalue weighted by molar-refractivity contribution is 5.52. The zero-order valence-corrected chi connectivity index (χ0v) is 10.9. The van der Waals surface area contributed by atoms with Crippen molar-refractivity contribution in [3.8, 4) is 0 Å². The number of ether oxygens (including phenoxy) is 1. The number of anilines is 2. The van der Waals surface area contributed by atoms with Crippen LogP contribution in [0.4, 0.5) is 11.5 Å². The Morgan fingerprint density at radius 3 is 3.06 bits per heavy atom. The summed E-state index contributed by atoms with van der Waals surface area (Å²) in [6, 6.07) is 4.57. The van der Waals surface area contributed by atoms with E-state index in [4.69, 9.17) is 4.74 Å². The van der Waals surface area contributed by atoms with Crippen LogP contribution in [0.2, 0.25) is 0 Å². The highest BCUT2D eigenvalue weighted by Gasteiger charge is 2.40. The van der Waals surface area contributed by atoms with Crippen LogP contribution in [0.5, 0.6) is 0 Å². The van der Waals surface area contributed by atoms with Gasteiger partial charge in [0.2, 0.25) is 0 Å². The molecule has 98 valence electrons. The third-order valence-corrected chi connectivity index (χ3v) is 3.69. The summed E-state index contributed by atoms with van der Waals surface area (Å²) in [5.41, 5.74) is 1.14. The van der Waals surface area contributed by atoms with E-state index in [1.165, 1.54) is 12.8 Å². The fraction of sp³-hybridized carbons (Fsp3) is 0.643. The van der Waals surface area contributed by atoms with E-state index < -0.39 is 0 Å². The normalized spacial score (nSPS) is 27.2. The van der Waals surface area contributed by atoms with Crippen LogP contribution in [0, 0.1) is 5.92 Å². The van der Waals surface area contributed by atoms with Gasteiger partial charge >= 0.3 is 0 Å². The number of nitrogens with one attached hydrogen (secondary N) is 2. The van der Waals surface area contributed by atoms with Crippen LogP contribution in [-0.4, -0.2) is 30.3 Å². The molecular weight excluding hydrogens is 226 g/mol. The Morgan fingerprint density at radius 1 is 1.39 bits per heavy atom. The van der Waals surface area contributed by atoms with Crippen molar-refractivity contribution < 1.29 is 4.74 Å². The summed E-state index contributed by atoms with van der Waals surface area (Å²) < 4.78 is 5.85. The van der Waals surface area contributed by atoms with Gasteiger partial charge in [-0.05, 0) is 38.2 Å². The van der Waals surface area contributed by atoms with Crippen LogP contribution in [0.1, 0.15) is 26.2 Å². The molecule has 4 nitrogen and oxygen atoms in total. The van der Waals surface area contributed by atoms with Crippen molar-refractivity contribution in [2.24, 2.45) is 5.92 Å². The van der Waals surface area contributed by atoms with E-state index >= 15 is 0 Å². The van der Waals surface area contributed by atoms with E-state index in [2.05, 4.69) is 28.6 Å². The number of rotatable bonds is 5. The lowest BCUT2D eigenvalue weighted by atomic mass is 10.1. The molecule has 18 heavy (non-hydrogen) atoms. The predicted molar refractivity (Wildman–Crippen MR) is 72.9 cm³/mol. The Kier molecular flexibility index (Phi) is 3.37. The Bertz CT molecular complexity index is 406. The van der Waals surface area contributed by atoms with Crippen LogP contribution < -0.4 is 10.6 Å². The third kappa shape index (κ3) is 2.58. The Labute approximate surface area is 108 Å². The molecule has 4 heteroatoms. The topological polar surface area (TPSA) is 46.2 Å². The first kappa shape index (κ1) is 11.8. The van der Waals surface area contributed by atoms with Gasteiger partial charge in [-0.1, -0.05) is 0 Å². The van der Waals surface area contributed by atoms with Crippen molar-refractivity contribution in [1.82, 2.24) is 4.98 Å². The molecule has 2 fully saturated rings. The minimum absolute atomic E-state index is 0.417. The molecule has 0 aromatic carbocycles. The average Bonchev–Trinajstić information content (AvgIpc) is 3.12. The van der Waals surface area contributed by atoms with Crippen LogP contribution in [0.15, 0.2) is 18.3 Å². The van der Waals surface area contributed by atoms with E-state index in [9.17, 15) is 0 Å². The third-order valence-electron chi connectivity index (χ3n) is 3.69. The van der Waals surface area contributed by atoms with Gasteiger partial charge in [0.1, 0.15) is 5.82 Å². The maximum Gasteiger partial charge on any atom is 0.127 e. The van der Waals surface area contributed by atoms with Gasteiger partial charge in [0.25, 0.3) is 0 Å². The molecule has 1 aliphatic carbocycles. The van der Waals surface area contributed by atoms with Gasteiger partial charge in [-0.2, -0.15) is 0 Å². The summed E-state index contributed by atoms with van der Waals surface area (Å²) >= 11 is 0. The quantitative estimate of drug-likeness (QED) is 0.839. The zero-order chi connectivity index (χ0) is 12.4. The minimum Gasteiger partial charge on any atom is -0.379 e. The highest BCUT2D eigenvalue weighted by atomic mass is 16.5. The Hall–Kier alpha value is -1.29. The molecule has 1 aliphatic heterocycles. The Balaban J connectivity index is 1.65. The van der Waals surface area contributed by atoms with Gasteiger partial charge in [0.15, 0.2) is 0 Å². The summed E-state index contributed by atoms with van der Waals surface area (Å²) in [6.45, 7) is 3.87. The van der Waals surface area contributed by atoms with Crippen LogP contribution in [0.25, 0.3) is 0 Å². The van der Waals surface area contributed by atoms with E-state index in [0.717, 1.165) is 37.0 Å². The lowest BCUT2D eigenvalue weighted by Gasteiger charge is -2.20. The van der Waals surface area contributed by atoms with Gasteiger partial charge in [-0.25, -0.2) is 4.98 Å². The van der Waals surface area contributed by atoms with E-state index in [1.807, 2.05) is 12.3 Å². The average molecular weight is 247 g/mol. The largest absolute Gasteiger partial charge is 0.379 e. The van der Waals surface area contributed by atoms with Crippen molar-refractivity contribution in [3.63, 3.8) is 0 Å². The maximum atomic E-state index is 5.85. The number of pyridine rings is 1. The molecule has 2 aliphatic rings. The van der Waals surface area contributed by atoms with Crippen molar-refractivity contribution in [2.75, 3.05) is 23.8 Å². The number of nitrogens with zero attached hydrogens (tertiary/aromatic N) is 1. The molecule has 2 unspecified atom stereocenters. The Morgan fingerprint density at radius 2 is 2.28 bits per heavy atom. The molecule has 0 radical (unpaired) electrons. The second-order valence-electron chi connectivity index (χ2n) is 5.17. The van der Waals surface area contributed by atoms with Crippen molar-refractivity contribution in [3.05, 3.63) is 18.3 Å². The van der Waals surface area contributed by atoms with Gasteiger partial charge < -0.3 is 15.4 Å². The van der Waals surface area contributed by atoms with E-state index in [0.29, 0.717) is 12.1 Å². The molecule has 1 aromatic heterocycles. The van der Waals surface area contributed by atoms with Crippen molar-refractivity contribution in [2.45, 2.75) is 38.3 Å². The first-order valence-electron chi connectivity index (χ1n) is 6.95. The summed E-state index contributed by atoms with van der Waals surface area (Å²) in [5.74, 6) is 1.73. The van der Waals surface area contributed by atoms with Gasteiger partial charge in [0.05, 0.1) is 12.1 Å². The fourth-order valence-corrected chi connectivity index (χ4v) is 2.67. The smallest absolute Gasteiger partial charge is 0.127 e. The summed E-state index contributed by atoms with van der Waals surface area (Å²) in [7, 11) is 0. The molecule has 3 rings (SSSR count). The molecule has 2 N–H and O–H groups in total. The van der Waals surface area contributed by atoms with E-state index in [1.54, 1.807) is 0 Å². The fourth-order valence-electron chi connectivity index (χ4n) is 2.67. The van der Waals surface area contributed by atoms with Gasteiger partial charge in [0, 0.05) is 31.1 Å². The molecule has 2 atom stereocenters. The summed E-state index contributed by atoms with van der Waals surface area (Å²) in [4.78, 5) is 4.29. The SMILES string of the molecule is CCNc1cc(NC2CCOC2C2CC2)ccn1. The monoisotopic (exact) mass is 247 g/mol. The van der Waals surface area contributed by atoms with Crippen LogP contribution in [-0.2, 0) is 4.74 Å². The number of hydrogen-bond acceptors (Lipinski definition) is 4. The summed E-state index contributed by atoms with van der Waals surface area (Å²) in [6.07, 6.45) is 6.05. The van der Waals surface area contributed by atoms with Gasteiger partial charge in [-0.15, -0.1) is 0 Å². The lowest BCUT2D eigenvalue weighted by molar-refractivity contribution is 0.0898. The molecule has 2 heterocycles. The number of aromatic nitrogens is 1. The predicted octanol–water partition coefficient (Wildman–Crippen LogP) is 2.49. The molecule has 0 amide bonds. The standard InChI is InChI=1S/C14H21N3O/c1-2-15-13-9-11(5-7-16-13)17-12-6-8-18-14(12)10-3-4-10/h5,7,9-10,12,14H,2-4,6,8H2,1H3,(H2,15,16,17). The second kappa shape index (κ2) is 5.14. The van der Waals surface area contributed by atoms with E-state index in [-0.39, 0.29) is 0 Å². The second-order valence-corrected chi connectivity index (χ2v) is 5.17. The summed E-state index contributed by atoms with van der Waals surface area (Å²) in [5, 5.41) is 6.84. The first-order valence-corrected chi connectivity index (χ1v) is 6.95. The highest BCUT2D eigenvalue weighted by Crippen LogP contribution is 2.39. The molecule has 1 saturated carbocycles. The number of hydrogen-bond donors (Lipinski definition) is 2. The van der Waals surface area contributed by atoms with Gasteiger partial charge in [-0.3, -0.25) is 0 Å². The van der Waals surface area contributed by atoms with Crippen molar-refractivity contribution in [1.29, 1.82) is 0 Å². The minimum atomic E-state index is 0.417. The molecule has 1 saturated heterocycles. The van der Waals surface area contributed by atoms with Crippen LogP contribution in [0.3, 0.4) is 0 Å². The maximum absolute atomic E-state index is 5.85. The molecule has 0 bridgehead atoms. The molecule has 1 aromatic rings. The first-order chi connectivity index (χ1) is 8.86.